The first kappa shape index (κ1) is 13.1. The Labute approximate surface area is 110 Å². The number of hydrogen-bond acceptors (Lipinski definition) is 4. The highest BCUT2D eigenvalue weighted by molar-refractivity contribution is 9.11. The predicted molar refractivity (Wildman–Crippen MR) is 59.5 cm³/mol. The fourth-order valence-corrected chi connectivity index (χ4v) is 2.33. The van der Waals surface area contributed by atoms with Gasteiger partial charge in [0.15, 0.2) is 5.69 Å². The Bertz CT molecular complexity index is 604. The van der Waals surface area contributed by atoms with Gasteiger partial charge in [-0.1, -0.05) is 0 Å². The molecule has 2 aromatic heterocycles. The van der Waals surface area contributed by atoms with Gasteiger partial charge >= 0.3 is 12.1 Å². The second kappa shape index (κ2) is 4.39. The predicted octanol–water partition coefficient (Wildman–Crippen LogP) is 3.88. The van der Waals surface area contributed by atoms with E-state index in [0.29, 0.717) is 3.79 Å². The van der Waals surface area contributed by atoms with Gasteiger partial charge in [-0.3, -0.25) is 0 Å². The van der Waals surface area contributed by atoms with Crippen molar-refractivity contribution in [2.75, 3.05) is 0 Å². The molecule has 2 aromatic rings. The third-order valence-electron chi connectivity index (χ3n) is 1.90. The molecule has 0 spiro atoms. The Morgan fingerprint density at radius 3 is 2.56 bits per heavy atom. The van der Waals surface area contributed by atoms with Crippen molar-refractivity contribution in [3.63, 3.8) is 0 Å². The van der Waals surface area contributed by atoms with Gasteiger partial charge in [-0.2, -0.15) is 13.2 Å². The highest BCUT2D eigenvalue weighted by Gasteiger charge is 2.41. The lowest BCUT2D eigenvalue weighted by atomic mass is 10.3. The Morgan fingerprint density at radius 2 is 2.17 bits per heavy atom. The lowest BCUT2D eigenvalue weighted by Crippen LogP contribution is -2.11. The van der Waals surface area contributed by atoms with Crippen molar-refractivity contribution in [3.05, 3.63) is 26.7 Å². The molecule has 18 heavy (non-hydrogen) atoms. The molecule has 4 nitrogen and oxygen atoms in total. The van der Waals surface area contributed by atoms with E-state index in [1.165, 1.54) is 22.8 Å². The monoisotopic (exact) mass is 341 g/mol. The van der Waals surface area contributed by atoms with E-state index in [9.17, 15) is 18.0 Å². The van der Waals surface area contributed by atoms with Gasteiger partial charge in [0, 0.05) is 10.9 Å². The fourth-order valence-electron chi connectivity index (χ4n) is 1.20. The Balaban J connectivity index is 2.56. The van der Waals surface area contributed by atoms with Crippen LogP contribution in [-0.2, 0) is 6.18 Å². The third kappa shape index (κ3) is 2.41. The molecule has 96 valence electrons. The molecular formula is C9H3BrF3NO3S. The summed E-state index contributed by atoms with van der Waals surface area (Å²) in [6.07, 6.45) is -4.87. The van der Waals surface area contributed by atoms with E-state index in [2.05, 4.69) is 25.3 Å². The first-order valence-corrected chi connectivity index (χ1v) is 6.02. The number of hydrogen-bond donors (Lipinski definition) is 1. The highest BCUT2D eigenvalue weighted by atomic mass is 79.9. The van der Waals surface area contributed by atoms with Gasteiger partial charge in [0.25, 0.3) is 0 Å². The van der Waals surface area contributed by atoms with Gasteiger partial charge in [-0.15, -0.1) is 11.3 Å². The molecule has 0 saturated carbocycles. The summed E-state index contributed by atoms with van der Waals surface area (Å²) in [6, 6.07) is 1.49. The van der Waals surface area contributed by atoms with Gasteiger partial charge in [0.1, 0.15) is 0 Å². The molecule has 0 saturated heterocycles. The molecule has 0 unspecified atom stereocenters. The number of halogens is 4. The summed E-state index contributed by atoms with van der Waals surface area (Å²) < 4.78 is 43.0. The van der Waals surface area contributed by atoms with Crippen LogP contribution in [0.3, 0.4) is 0 Å². The van der Waals surface area contributed by atoms with Crippen LogP contribution in [0.5, 0.6) is 0 Å². The van der Waals surface area contributed by atoms with Crippen molar-refractivity contribution in [3.8, 4) is 11.5 Å². The Morgan fingerprint density at radius 1 is 1.50 bits per heavy atom. The molecule has 0 aliphatic carbocycles. The van der Waals surface area contributed by atoms with Crippen molar-refractivity contribution in [2.24, 2.45) is 0 Å². The summed E-state index contributed by atoms with van der Waals surface area (Å²) in [5.41, 5.74) is -1.25. The van der Waals surface area contributed by atoms with Crippen LogP contribution in [0, 0.1) is 0 Å². The minimum Gasteiger partial charge on any atom is -0.475 e. The number of carboxylic acids is 1. The topological polar surface area (TPSA) is 63.3 Å². The lowest BCUT2D eigenvalue weighted by Gasteiger charge is -2.00. The number of thiophene rings is 1. The van der Waals surface area contributed by atoms with Gasteiger partial charge in [0.2, 0.25) is 11.7 Å². The molecule has 0 aliphatic heterocycles. The number of aromatic carboxylic acids is 1. The molecule has 0 bridgehead atoms. The van der Waals surface area contributed by atoms with Crippen LogP contribution in [0.15, 0.2) is 19.6 Å². The van der Waals surface area contributed by atoms with Gasteiger partial charge in [0.05, 0.1) is 3.79 Å². The van der Waals surface area contributed by atoms with Gasteiger partial charge in [-0.05, 0) is 22.0 Å². The molecule has 0 fully saturated rings. The minimum absolute atomic E-state index is 0.282. The van der Waals surface area contributed by atoms with E-state index >= 15 is 0 Å². The number of carboxylic acid groups (broad SMARTS) is 1. The number of aromatic nitrogens is 1. The van der Waals surface area contributed by atoms with Crippen molar-refractivity contribution in [1.29, 1.82) is 0 Å². The number of nitrogens with zero attached hydrogens (tertiary/aromatic N) is 1. The van der Waals surface area contributed by atoms with Gasteiger partial charge in [-0.25, -0.2) is 9.78 Å². The maximum Gasteiger partial charge on any atom is 0.437 e. The van der Waals surface area contributed by atoms with Gasteiger partial charge < -0.3 is 9.52 Å². The quantitative estimate of drug-likeness (QED) is 0.900. The molecule has 9 heteroatoms. The van der Waals surface area contributed by atoms with Crippen LogP contribution < -0.4 is 0 Å². The van der Waals surface area contributed by atoms with Crippen LogP contribution in [0.2, 0.25) is 0 Å². The Kier molecular flexibility index (Phi) is 3.20. The first-order chi connectivity index (χ1) is 8.29. The zero-order valence-corrected chi connectivity index (χ0v) is 10.7. The normalized spacial score (nSPS) is 11.8. The fraction of sp³-hybridized carbons (Fsp3) is 0.111. The highest BCUT2D eigenvalue weighted by Crippen LogP contribution is 2.36. The molecule has 0 aliphatic rings. The summed E-state index contributed by atoms with van der Waals surface area (Å²) in [6.45, 7) is 0. The van der Waals surface area contributed by atoms with Crippen molar-refractivity contribution >= 4 is 33.2 Å². The second-order valence-corrected chi connectivity index (χ2v) is 5.43. The molecule has 2 heterocycles. The molecule has 0 aromatic carbocycles. The van der Waals surface area contributed by atoms with Crippen LogP contribution in [0.4, 0.5) is 13.2 Å². The number of alkyl halides is 3. The summed E-state index contributed by atoms with van der Waals surface area (Å²) >= 11 is 4.35. The summed E-state index contributed by atoms with van der Waals surface area (Å²) in [7, 11) is 0. The SMILES string of the molecule is O=C(O)c1oc(-c2csc(Br)c2)nc1C(F)(F)F. The van der Waals surface area contributed by atoms with Crippen molar-refractivity contribution < 1.29 is 27.5 Å². The van der Waals surface area contributed by atoms with E-state index in [1.54, 1.807) is 0 Å². The molecule has 2 rings (SSSR count). The number of rotatable bonds is 2. The third-order valence-corrected chi connectivity index (χ3v) is 3.41. The molecule has 0 atom stereocenters. The average molecular weight is 342 g/mol. The minimum atomic E-state index is -4.87. The number of carbonyl (C=O) groups is 1. The Hall–Kier alpha value is -1.35. The smallest absolute Gasteiger partial charge is 0.437 e. The van der Waals surface area contributed by atoms with E-state index in [4.69, 9.17) is 5.11 Å². The van der Waals surface area contributed by atoms with Crippen molar-refractivity contribution in [2.45, 2.75) is 6.18 Å². The maximum absolute atomic E-state index is 12.6. The number of oxazole rings is 1. The largest absolute Gasteiger partial charge is 0.475 e. The zero-order chi connectivity index (χ0) is 13.5. The lowest BCUT2D eigenvalue weighted by molar-refractivity contribution is -0.141. The molecule has 0 amide bonds. The molecular weight excluding hydrogens is 339 g/mol. The van der Waals surface area contributed by atoms with Crippen LogP contribution in [0.25, 0.3) is 11.5 Å². The summed E-state index contributed by atoms with van der Waals surface area (Å²) in [5, 5.41) is 10.2. The van der Waals surface area contributed by atoms with Crippen molar-refractivity contribution in [1.82, 2.24) is 4.98 Å². The summed E-state index contributed by atoms with van der Waals surface area (Å²) in [4.78, 5) is 13.9. The van der Waals surface area contributed by atoms with Crippen LogP contribution in [0.1, 0.15) is 16.2 Å². The standard InChI is InChI=1S/C9H3BrF3NO3S/c10-4-1-3(2-18-4)7-14-6(9(11,12)13)5(17-7)8(15)16/h1-2H,(H,15,16). The second-order valence-electron chi connectivity index (χ2n) is 3.14. The summed E-state index contributed by atoms with van der Waals surface area (Å²) in [5.74, 6) is -3.39. The average Bonchev–Trinajstić information content (AvgIpc) is 2.81. The van der Waals surface area contributed by atoms with E-state index < -0.39 is 23.6 Å². The first-order valence-electron chi connectivity index (χ1n) is 4.34. The molecule has 0 radical (unpaired) electrons. The zero-order valence-electron chi connectivity index (χ0n) is 8.29. The molecule has 1 N–H and O–H groups in total. The van der Waals surface area contributed by atoms with E-state index in [0.717, 1.165) is 0 Å². The van der Waals surface area contributed by atoms with Crippen LogP contribution in [-0.4, -0.2) is 16.1 Å². The van der Waals surface area contributed by atoms with Crippen LogP contribution >= 0.6 is 27.3 Å². The van der Waals surface area contributed by atoms with E-state index in [-0.39, 0.29) is 11.5 Å². The van der Waals surface area contributed by atoms with E-state index in [1.807, 2.05) is 0 Å². The maximum atomic E-state index is 12.6.